The summed E-state index contributed by atoms with van der Waals surface area (Å²) in [6, 6.07) is 5.98. The monoisotopic (exact) mass is 380 g/mol. The van der Waals surface area contributed by atoms with Gasteiger partial charge in [0.2, 0.25) is 0 Å². The molecule has 2 aliphatic rings. The summed E-state index contributed by atoms with van der Waals surface area (Å²) in [5, 5.41) is 8.93. The van der Waals surface area contributed by atoms with Crippen LogP contribution in [0.3, 0.4) is 0 Å². The molecule has 0 spiro atoms. The van der Waals surface area contributed by atoms with E-state index in [1.807, 2.05) is 18.2 Å². The zero-order valence-corrected chi connectivity index (χ0v) is 15.7. The summed E-state index contributed by atoms with van der Waals surface area (Å²) in [5.41, 5.74) is 2.46. The lowest BCUT2D eigenvalue weighted by atomic mass is 10.0. The second-order valence-corrected chi connectivity index (χ2v) is 7.87. The van der Waals surface area contributed by atoms with Crippen molar-refractivity contribution < 1.29 is 9.26 Å². The molecule has 0 unspecified atom stereocenters. The van der Waals surface area contributed by atoms with E-state index in [1.165, 1.54) is 0 Å². The Hall–Kier alpha value is -1.07. The number of aromatic nitrogens is 1. The third-order valence-electron chi connectivity index (χ3n) is 5.01. The van der Waals surface area contributed by atoms with Crippen LogP contribution in [0.15, 0.2) is 22.7 Å². The van der Waals surface area contributed by atoms with Crippen molar-refractivity contribution in [3.63, 3.8) is 0 Å². The molecule has 1 aliphatic heterocycles. The predicted octanol–water partition coefficient (Wildman–Crippen LogP) is 5.18. The van der Waals surface area contributed by atoms with Gasteiger partial charge in [-0.15, -0.1) is 0 Å². The van der Waals surface area contributed by atoms with Gasteiger partial charge in [0.25, 0.3) is 0 Å². The average molecular weight is 381 g/mol. The minimum Gasteiger partial charge on any atom is -0.373 e. The van der Waals surface area contributed by atoms with E-state index in [1.54, 1.807) is 0 Å². The molecule has 4 rings (SSSR count). The minimum atomic E-state index is 0.257. The molecule has 1 saturated carbocycles. The number of nitrogens with one attached hydrogen (secondary N) is 1. The lowest BCUT2D eigenvalue weighted by Gasteiger charge is -2.28. The third kappa shape index (κ3) is 3.72. The Bertz CT molecular complexity index is 738. The lowest BCUT2D eigenvalue weighted by molar-refractivity contribution is 0.0122. The van der Waals surface area contributed by atoms with E-state index in [-0.39, 0.29) is 6.10 Å². The van der Waals surface area contributed by atoms with Crippen LogP contribution in [0.25, 0.3) is 11.3 Å². The maximum Gasteiger partial charge on any atom is 0.145 e. The van der Waals surface area contributed by atoms with E-state index in [2.05, 4.69) is 17.4 Å². The second kappa shape index (κ2) is 7.28. The Balaban J connectivity index is 1.62. The molecule has 2 fully saturated rings. The van der Waals surface area contributed by atoms with Crippen LogP contribution in [-0.4, -0.2) is 23.8 Å². The molecular formula is C19H22Cl2N2O2. The molecule has 25 heavy (non-hydrogen) atoms. The van der Waals surface area contributed by atoms with Gasteiger partial charge >= 0.3 is 0 Å². The van der Waals surface area contributed by atoms with Crippen molar-refractivity contribution in [1.82, 2.24) is 10.5 Å². The van der Waals surface area contributed by atoms with Gasteiger partial charge in [-0.05, 0) is 51.3 Å². The molecule has 2 aromatic rings. The van der Waals surface area contributed by atoms with E-state index in [0.717, 1.165) is 54.8 Å². The van der Waals surface area contributed by atoms with Crippen LogP contribution in [0.4, 0.5) is 0 Å². The van der Waals surface area contributed by atoms with E-state index >= 15 is 0 Å². The smallest absolute Gasteiger partial charge is 0.145 e. The van der Waals surface area contributed by atoms with Crippen LogP contribution < -0.4 is 5.32 Å². The number of halogens is 2. The maximum absolute atomic E-state index is 6.39. The molecule has 0 radical (unpaired) electrons. The molecule has 6 heteroatoms. The van der Waals surface area contributed by atoms with E-state index in [4.69, 9.17) is 32.5 Å². The molecule has 1 aromatic heterocycles. The molecule has 0 amide bonds. The highest BCUT2D eigenvalue weighted by Gasteiger charge is 2.34. The lowest BCUT2D eigenvalue weighted by Crippen LogP contribution is -2.39. The fourth-order valence-electron chi connectivity index (χ4n) is 3.49. The molecule has 1 N–H and O–H groups in total. The Morgan fingerprint density at radius 2 is 2.00 bits per heavy atom. The van der Waals surface area contributed by atoms with Crippen LogP contribution in [0.2, 0.25) is 10.0 Å². The first-order valence-electron chi connectivity index (χ1n) is 8.91. The molecule has 4 nitrogen and oxygen atoms in total. The highest BCUT2D eigenvalue weighted by molar-refractivity contribution is 6.39. The second-order valence-electron chi connectivity index (χ2n) is 7.06. The van der Waals surface area contributed by atoms with Crippen molar-refractivity contribution in [2.45, 2.75) is 57.3 Å². The Kier molecular flexibility index (Phi) is 5.05. The van der Waals surface area contributed by atoms with Gasteiger partial charge in [-0.25, -0.2) is 0 Å². The van der Waals surface area contributed by atoms with Crippen LogP contribution >= 0.6 is 23.2 Å². The molecule has 1 aromatic carbocycles. The molecule has 1 aliphatic carbocycles. The number of benzene rings is 1. The first kappa shape index (κ1) is 17.3. The van der Waals surface area contributed by atoms with Gasteiger partial charge in [0, 0.05) is 23.1 Å². The third-order valence-corrected chi connectivity index (χ3v) is 5.64. The number of nitrogens with zero attached hydrogens (tertiary/aromatic N) is 1. The Morgan fingerprint density at radius 1 is 1.24 bits per heavy atom. The normalized spacial score (nSPS) is 23.8. The van der Waals surface area contributed by atoms with Crippen LogP contribution in [0.5, 0.6) is 0 Å². The van der Waals surface area contributed by atoms with Gasteiger partial charge in [-0.2, -0.15) is 0 Å². The van der Waals surface area contributed by atoms with Crippen LogP contribution in [-0.2, 0) is 11.3 Å². The van der Waals surface area contributed by atoms with Crippen LogP contribution in [0, 0.1) is 0 Å². The largest absolute Gasteiger partial charge is 0.373 e. The van der Waals surface area contributed by atoms with Gasteiger partial charge < -0.3 is 14.6 Å². The number of hydrogen-bond donors (Lipinski definition) is 1. The summed E-state index contributed by atoms with van der Waals surface area (Å²) in [7, 11) is 0. The Morgan fingerprint density at radius 3 is 2.68 bits per heavy atom. The Labute approximate surface area is 157 Å². The average Bonchev–Trinajstić information content (AvgIpc) is 3.34. The van der Waals surface area contributed by atoms with Crippen molar-refractivity contribution in [3.8, 4) is 11.3 Å². The predicted molar refractivity (Wildman–Crippen MR) is 99.2 cm³/mol. The molecule has 1 saturated heterocycles. The van der Waals surface area contributed by atoms with Crippen LogP contribution in [0.1, 0.15) is 49.8 Å². The fourth-order valence-corrected chi connectivity index (χ4v) is 4.06. The highest BCUT2D eigenvalue weighted by atomic mass is 35.5. The summed E-state index contributed by atoms with van der Waals surface area (Å²) in [4.78, 5) is 0. The van der Waals surface area contributed by atoms with E-state index in [9.17, 15) is 0 Å². The highest BCUT2D eigenvalue weighted by Crippen LogP contribution is 2.46. The minimum absolute atomic E-state index is 0.257. The molecule has 134 valence electrons. The van der Waals surface area contributed by atoms with Crippen molar-refractivity contribution in [1.29, 1.82) is 0 Å². The van der Waals surface area contributed by atoms with Crippen molar-refractivity contribution in [3.05, 3.63) is 39.6 Å². The molecule has 0 bridgehead atoms. The quantitative estimate of drug-likeness (QED) is 0.775. The standard InChI is InChI=1S/C19H22Cl2N2O2/c1-11-9-13(7-8-22-11)24-10-14-18(23-25-19(14)12-5-6-12)17-15(20)3-2-4-16(17)21/h2-4,11-13,22H,5-10H2,1H3/t11-,13-/m1/s1. The molecular weight excluding hydrogens is 359 g/mol. The maximum atomic E-state index is 6.39. The zero-order chi connectivity index (χ0) is 17.4. The summed E-state index contributed by atoms with van der Waals surface area (Å²) in [5.74, 6) is 1.39. The van der Waals surface area contributed by atoms with Gasteiger partial charge in [0.05, 0.1) is 22.8 Å². The fraction of sp³-hybridized carbons (Fsp3) is 0.526. The summed E-state index contributed by atoms with van der Waals surface area (Å²) >= 11 is 12.8. The SMILES string of the molecule is C[C@@H]1C[C@H](OCc2c(-c3c(Cl)cccc3Cl)noc2C2CC2)CCN1. The number of rotatable bonds is 5. The first-order chi connectivity index (χ1) is 12.1. The van der Waals surface area contributed by atoms with E-state index in [0.29, 0.717) is 28.6 Å². The van der Waals surface area contributed by atoms with Crippen molar-refractivity contribution in [2.24, 2.45) is 0 Å². The number of piperidine rings is 1. The first-order valence-corrected chi connectivity index (χ1v) is 9.67. The van der Waals surface area contributed by atoms with Gasteiger partial charge in [0.1, 0.15) is 11.5 Å². The van der Waals surface area contributed by atoms with Crippen molar-refractivity contribution in [2.75, 3.05) is 6.54 Å². The summed E-state index contributed by atoms with van der Waals surface area (Å²) in [6.07, 6.45) is 4.58. The van der Waals surface area contributed by atoms with Gasteiger partial charge in [-0.3, -0.25) is 0 Å². The summed E-state index contributed by atoms with van der Waals surface area (Å²) in [6.45, 7) is 3.68. The zero-order valence-electron chi connectivity index (χ0n) is 14.2. The molecule has 2 atom stereocenters. The molecule has 2 heterocycles. The number of hydrogen-bond acceptors (Lipinski definition) is 4. The number of ether oxygens (including phenoxy) is 1. The van der Waals surface area contributed by atoms with E-state index < -0.39 is 0 Å². The summed E-state index contributed by atoms with van der Waals surface area (Å²) < 4.78 is 11.9. The topological polar surface area (TPSA) is 47.3 Å². The van der Waals surface area contributed by atoms with Gasteiger partial charge in [0.15, 0.2) is 0 Å². The van der Waals surface area contributed by atoms with Crippen molar-refractivity contribution >= 4 is 23.2 Å². The van der Waals surface area contributed by atoms with Gasteiger partial charge in [-0.1, -0.05) is 34.4 Å².